The molecular formula is C41H26N4. The molecule has 0 aliphatic carbocycles. The van der Waals surface area contributed by atoms with E-state index >= 15 is 0 Å². The van der Waals surface area contributed by atoms with Crippen LogP contribution in [0.15, 0.2) is 158 Å². The summed E-state index contributed by atoms with van der Waals surface area (Å²) in [6, 6.07) is 54.4. The quantitative estimate of drug-likeness (QED) is 0.206. The van der Waals surface area contributed by atoms with Gasteiger partial charge in [0.1, 0.15) is 0 Å². The molecule has 4 aromatic heterocycles. The second kappa shape index (κ2) is 9.18. The SMILES string of the molecule is c1ccc(-n2c3cccnc3c3c(-n4c5ccccc5c5ccc6c7ccccc7n(-c7ccccc7)c6c54)cccc32)cc1. The predicted octanol–water partition coefficient (Wildman–Crippen LogP) is 10.4. The van der Waals surface area contributed by atoms with Crippen molar-refractivity contribution in [2.24, 2.45) is 0 Å². The monoisotopic (exact) mass is 574 g/mol. The van der Waals surface area contributed by atoms with Crippen molar-refractivity contribution in [1.29, 1.82) is 0 Å². The van der Waals surface area contributed by atoms with Gasteiger partial charge in [-0.15, -0.1) is 0 Å². The maximum absolute atomic E-state index is 5.01. The van der Waals surface area contributed by atoms with Gasteiger partial charge in [0.05, 0.1) is 49.7 Å². The van der Waals surface area contributed by atoms with Gasteiger partial charge >= 0.3 is 0 Å². The third-order valence-electron chi connectivity index (χ3n) is 9.26. The van der Waals surface area contributed by atoms with Crippen LogP contribution in [0, 0.1) is 0 Å². The lowest BCUT2D eigenvalue weighted by Gasteiger charge is -2.14. The molecule has 6 aromatic carbocycles. The Balaban J connectivity index is 1.45. The number of hydrogen-bond acceptors (Lipinski definition) is 1. The highest BCUT2D eigenvalue weighted by atomic mass is 15.1. The summed E-state index contributed by atoms with van der Waals surface area (Å²) in [6.45, 7) is 0. The minimum atomic E-state index is 0.994. The Labute approximate surface area is 258 Å². The topological polar surface area (TPSA) is 27.7 Å². The second-order valence-electron chi connectivity index (χ2n) is 11.6. The summed E-state index contributed by atoms with van der Waals surface area (Å²) >= 11 is 0. The Kier molecular flexibility index (Phi) is 4.96. The molecule has 45 heavy (non-hydrogen) atoms. The first-order valence-corrected chi connectivity index (χ1v) is 15.3. The molecule has 0 spiro atoms. The Bertz CT molecular complexity index is 2750. The molecule has 0 radical (unpaired) electrons. The highest BCUT2D eigenvalue weighted by Crippen LogP contribution is 2.43. The van der Waals surface area contributed by atoms with Gasteiger partial charge in [-0.05, 0) is 60.7 Å². The summed E-state index contributed by atoms with van der Waals surface area (Å²) in [5.74, 6) is 0. The predicted molar refractivity (Wildman–Crippen MR) is 187 cm³/mol. The van der Waals surface area contributed by atoms with Gasteiger partial charge in [-0.2, -0.15) is 0 Å². The molecule has 0 unspecified atom stereocenters. The van der Waals surface area contributed by atoms with Crippen molar-refractivity contribution in [2.75, 3.05) is 0 Å². The fourth-order valence-electron chi connectivity index (χ4n) is 7.49. The number of pyridine rings is 1. The normalized spacial score (nSPS) is 12.0. The first-order valence-electron chi connectivity index (χ1n) is 15.3. The lowest BCUT2D eigenvalue weighted by molar-refractivity contribution is 1.15. The van der Waals surface area contributed by atoms with Crippen LogP contribution in [0.25, 0.3) is 82.6 Å². The minimum Gasteiger partial charge on any atom is -0.308 e. The fraction of sp³-hybridized carbons (Fsp3) is 0. The third-order valence-corrected chi connectivity index (χ3v) is 9.26. The molecular weight excluding hydrogens is 548 g/mol. The maximum Gasteiger partial charge on any atom is 0.0984 e. The highest BCUT2D eigenvalue weighted by Gasteiger charge is 2.23. The molecule has 0 aliphatic heterocycles. The summed E-state index contributed by atoms with van der Waals surface area (Å²) in [5.41, 5.74) is 11.4. The first-order chi connectivity index (χ1) is 22.4. The molecule has 0 aliphatic rings. The zero-order valence-corrected chi connectivity index (χ0v) is 24.3. The summed E-state index contributed by atoms with van der Waals surface area (Å²) < 4.78 is 7.26. The molecule has 10 aromatic rings. The van der Waals surface area contributed by atoms with E-state index < -0.39 is 0 Å². The van der Waals surface area contributed by atoms with Crippen molar-refractivity contribution in [1.82, 2.24) is 18.7 Å². The number of para-hydroxylation sites is 4. The molecule has 0 N–H and O–H groups in total. The number of benzene rings is 6. The van der Waals surface area contributed by atoms with Crippen LogP contribution < -0.4 is 0 Å². The van der Waals surface area contributed by atoms with E-state index in [1.54, 1.807) is 0 Å². The number of rotatable bonds is 3. The van der Waals surface area contributed by atoms with Crippen molar-refractivity contribution in [2.45, 2.75) is 0 Å². The van der Waals surface area contributed by atoms with Gasteiger partial charge < -0.3 is 13.7 Å². The van der Waals surface area contributed by atoms with Crippen LogP contribution >= 0.6 is 0 Å². The summed E-state index contributed by atoms with van der Waals surface area (Å²) in [7, 11) is 0. The van der Waals surface area contributed by atoms with Gasteiger partial charge in [0, 0.05) is 39.1 Å². The number of aromatic nitrogens is 4. The number of hydrogen-bond donors (Lipinski definition) is 0. The molecule has 0 saturated heterocycles. The van der Waals surface area contributed by atoms with Crippen molar-refractivity contribution >= 4 is 65.5 Å². The first kappa shape index (κ1) is 24.3. The molecule has 10 rings (SSSR count). The Hall–Kier alpha value is -6.13. The van der Waals surface area contributed by atoms with Crippen LogP contribution in [0.2, 0.25) is 0 Å². The maximum atomic E-state index is 5.01. The van der Waals surface area contributed by atoms with E-state index in [1.807, 2.05) is 12.3 Å². The van der Waals surface area contributed by atoms with Gasteiger partial charge in [-0.1, -0.05) is 91.0 Å². The van der Waals surface area contributed by atoms with E-state index in [4.69, 9.17) is 4.98 Å². The van der Waals surface area contributed by atoms with Crippen LogP contribution in [-0.4, -0.2) is 18.7 Å². The van der Waals surface area contributed by atoms with Gasteiger partial charge in [0.25, 0.3) is 0 Å². The molecule has 0 bridgehead atoms. The third kappa shape index (κ3) is 3.28. The zero-order chi connectivity index (χ0) is 29.5. The van der Waals surface area contributed by atoms with Crippen molar-refractivity contribution in [3.05, 3.63) is 158 Å². The van der Waals surface area contributed by atoms with E-state index in [2.05, 4.69) is 159 Å². The molecule has 4 heteroatoms. The standard InChI is InChI=1S/C41H26N4/c1-3-13-27(14-4-1)43-35-21-11-22-36(38(35)39-37(43)23-12-26-42-39)45-34-20-10-8-18-30(34)32-25-24-31-29-17-7-9-19-33(29)44(40(31)41(32)45)28-15-5-2-6-16-28/h1-26H. The molecule has 4 heterocycles. The van der Waals surface area contributed by atoms with Gasteiger partial charge in [0.15, 0.2) is 0 Å². The van der Waals surface area contributed by atoms with Crippen LogP contribution in [0.3, 0.4) is 0 Å². The van der Waals surface area contributed by atoms with E-state index in [0.717, 1.165) is 39.0 Å². The van der Waals surface area contributed by atoms with Crippen molar-refractivity contribution in [3.8, 4) is 17.1 Å². The van der Waals surface area contributed by atoms with Crippen LogP contribution in [0.4, 0.5) is 0 Å². The lowest BCUT2D eigenvalue weighted by atomic mass is 10.1. The Morgan fingerprint density at radius 2 is 0.889 bits per heavy atom. The summed E-state index contributed by atoms with van der Waals surface area (Å²) in [5, 5.41) is 6.09. The van der Waals surface area contributed by atoms with Gasteiger partial charge in [-0.25, -0.2) is 0 Å². The molecule has 210 valence electrons. The Morgan fingerprint density at radius 3 is 1.58 bits per heavy atom. The van der Waals surface area contributed by atoms with E-state index in [1.165, 1.54) is 43.6 Å². The van der Waals surface area contributed by atoms with E-state index in [9.17, 15) is 0 Å². The molecule has 0 atom stereocenters. The highest BCUT2D eigenvalue weighted by molar-refractivity contribution is 6.24. The number of nitrogens with zero attached hydrogens (tertiary/aromatic N) is 4. The molecule has 4 nitrogen and oxygen atoms in total. The van der Waals surface area contributed by atoms with Gasteiger partial charge in [-0.3, -0.25) is 4.98 Å². The largest absolute Gasteiger partial charge is 0.308 e. The Morgan fingerprint density at radius 1 is 0.356 bits per heavy atom. The lowest BCUT2D eigenvalue weighted by Crippen LogP contribution is -1.99. The molecule has 0 amide bonds. The van der Waals surface area contributed by atoms with Gasteiger partial charge in [0.2, 0.25) is 0 Å². The number of fused-ring (bicyclic) bond motifs is 10. The molecule has 0 saturated carbocycles. The smallest absolute Gasteiger partial charge is 0.0984 e. The second-order valence-corrected chi connectivity index (χ2v) is 11.6. The van der Waals surface area contributed by atoms with E-state index in [-0.39, 0.29) is 0 Å². The summed E-state index contributed by atoms with van der Waals surface area (Å²) in [4.78, 5) is 5.01. The van der Waals surface area contributed by atoms with Crippen molar-refractivity contribution in [3.63, 3.8) is 0 Å². The summed E-state index contributed by atoms with van der Waals surface area (Å²) in [6.07, 6.45) is 1.91. The average molecular weight is 575 g/mol. The van der Waals surface area contributed by atoms with E-state index in [0.29, 0.717) is 0 Å². The fourth-order valence-corrected chi connectivity index (χ4v) is 7.49. The minimum absolute atomic E-state index is 0.994. The molecule has 0 fully saturated rings. The van der Waals surface area contributed by atoms with Crippen LogP contribution in [0.5, 0.6) is 0 Å². The van der Waals surface area contributed by atoms with Crippen LogP contribution in [0.1, 0.15) is 0 Å². The van der Waals surface area contributed by atoms with Crippen molar-refractivity contribution < 1.29 is 0 Å². The zero-order valence-electron chi connectivity index (χ0n) is 24.3. The average Bonchev–Trinajstić information content (AvgIpc) is 3.75. The van der Waals surface area contributed by atoms with Crippen LogP contribution in [-0.2, 0) is 0 Å².